The number of pyridine rings is 1. The fraction of sp³-hybridized carbons (Fsp3) is 0.278. The van der Waals surface area contributed by atoms with E-state index in [-0.39, 0.29) is 24.5 Å². The minimum absolute atomic E-state index is 0.0354. The summed E-state index contributed by atoms with van der Waals surface area (Å²) in [5.41, 5.74) is 3.10. The Morgan fingerprint density at radius 2 is 1.83 bits per heavy atom. The van der Waals surface area contributed by atoms with Crippen LogP contribution in [-0.4, -0.2) is 30.0 Å². The predicted molar refractivity (Wildman–Crippen MR) is 93.3 cm³/mol. The first-order valence-corrected chi connectivity index (χ1v) is 7.91. The summed E-state index contributed by atoms with van der Waals surface area (Å²) in [4.78, 5) is 27.2. The number of carbonyl (C=O) groups is 2. The van der Waals surface area contributed by atoms with Crippen LogP contribution in [0.4, 0.5) is 4.79 Å². The van der Waals surface area contributed by atoms with E-state index in [2.05, 4.69) is 20.9 Å². The number of nitrogens with zero attached hydrogens (tertiary/aromatic N) is 1. The second-order valence-corrected chi connectivity index (χ2v) is 5.37. The monoisotopic (exact) mass is 326 g/mol. The number of amides is 3. The van der Waals surface area contributed by atoms with Crippen molar-refractivity contribution in [2.24, 2.45) is 0 Å². The van der Waals surface area contributed by atoms with Crippen LogP contribution in [0.2, 0.25) is 0 Å². The largest absolute Gasteiger partial charge is 0.355 e. The Hall–Kier alpha value is -2.89. The van der Waals surface area contributed by atoms with Gasteiger partial charge in [-0.15, -0.1) is 0 Å². The molecule has 24 heavy (non-hydrogen) atoms. The first kappa shape index (κ1) is 17.5. The van der Waals surface area contributed by atoms with Gasteiger partial charge in [-0.25, -0.2) is 4.79 Å². The number of rotatable bonds is 6. The van der Waals surface area contributed by atoms with Gasteiger partial charge < -0.3 is 16.0 Å². The van der Waals surface area contributed by atoms with E-state index >= 15 is 0 Å². The molecule has 2 rings (SSSR count). The zero-order chi connectivity index (χ0) is 17.4. The number of likely N-dealkylation sites (N-methyl/N-ethyl adjacent to an activating group) is 1. The summed E-state index contributed by atoms with van der Waals surface area (Å²) in [6, 6.07) is 11.3. The van der Waals surface area contributed by atoms with E-state index in [9.17, 15) is 9.59 Å². The van der Waals surface area contributed by atoms with Crippen molar-refractivity contribution in [3.05, 3.63) is 54.4 Å². The number of hydrogen-bond donors (Lipinski definition) is 3. The third kappa shape index (κ3) is 5.08. The molecule has 3 amide bonds. The zero-order valence-corrected chi connectivity index (χ0v) is 13.9. The normalized spacial score (nSPS) is 11.4. The summed E-state index contributed by atoms with van der Waals surface area (Å²) in [6.07, 6.45) is 3.55. The molecule has 0 saturated heterocycles. The molecule has 0 aliphatic carbocycles. The maximum absolute atomic E-state index is 11.8. The lowest BCUT2D eigenvalue weighted by atomic mass is 10.0. The van der Waals surface area contributed by atoms with Crippen molar-refractivity contribution in [2.45, 2.75) is 19.9 Å². The van der Waals surface area contributed by atoms with E-state index in [0.29, 0.717) is 6.54 Å². The van der Waals surface area contributed by atoms with Crippen molar-refractivity contribution in [3.63, 3.8) is 0 Å². The topological polar surface area (TPSA) is 83.1 Å². The molecule has 0 bridgehead atoms. The van der Waals surface area contributed by atoms with Gasteiger partial charge in [-0.1, -0.05) is 30.3 Å². The van der Waals surface area contributed by atoms with Gasteiger partial charge in [0.1, 0.15) is 0 Å². The summed E-state index contributed by atoms with van der Waals surface area (Å²) in [5, 5.41) is 7.97. The second-order valence-electron chi connectivity index (χ2n) is 5.37. The number of hydrogen-bond acceptors (Lipinski definition) is 3. The summed E-state index contributed by atoms with van der Waals surface area (Å²) in [5.74, 6) is -0.207. The van der Waals surface area contributed by atoms with Crippen LogP contribution in [0.3, 0.4) is 0 Å². The smallest absolute Gasteiger partial charge is 0.315 e. The molecule has 6 heteroatoms. The van der Waals surface area contributed by atoms with Gasteiger partial charge in [0.2, 0.25) is 5.91 Å². The molecule has 1 aromatic heterocycles. The van der Waals surface area contributed by atoms with Crippen LogP contribution in [0.5, 0.6) is 0 Å². The summed E-state index contributed by atoms with van der Waals surface area (Å²) >= 11 is 0. The Morgan fingerprint density at radius 1 is 1.08 bits per heavy atom. The Kier molecular flexibility index (Phi) is 6.31. The lowest BCUT2D eigenvalue weighted by molar-refractivity contribution is -0.119. The van der Waals surface area contributed by atoms with Crippen molar-refractivity contribution in [3.8, 4) is 11.1 Å². The molecule has 0 fully saturated rings. The number of benzene rings is 1. The van der Waals surface area contributed by atoms with Gasteiger partial charge in [0.15, 0.2) is 0 Å². The van der Waals surface area contributed by atoms with Gasteiger partial charge in [-0.05, 0) is 36.6 Å². The molecule has 2 aromatic rings. The molecule has 126 valence electrons. The maximum atomic E-state index is 11.8. The van der Waals surface area contributed by atoms with Crippen LogP contribution in [0.1, 0.15) is 25.5 Å². The van der Waals surface area contributed by atoms with Gasteiger partial charge >= 0.3 is 6.03 Å². The highest BCUT2D eigenvalue weighted by molar-refractivity contribution is 5.84. The first-order chi connectivity index (χ1) is 11.6. The molecule has 6 nitrogen and oxygen atoms in total. The summed E-state index contributed by atoms with van der Waals surface area (Å²) < 4.78 is 0. The van der Waals surface area contributed by atoms with Crippen molar-refractivity contribution in [2.75, 3.05) is 13.1 Å². The highest BCUT2D eigenvalue weighted by Crippen LogP contribution is 2.21. The molecular formula is C18H22N4O2. The SMILES string of the molecule is CCNC(=O)CNC(=O)NC(C)c1ccc(-c2cccnc2)cc1. The minimum atomic E-state index is -0.370. The minimum Gasteiger partial charge on any atom is -0.355 e. The van der Waals surface area contributed by atoms with Crippen LogP contribution < -0.4 is 16.0 Å². The maximum Gasteiger partial charge on any atom is 0.315 e. The van der Waals surface area contributed by atoms with Crippen LogP contribution in [-0.2, 0) is 4.79 Å². The highest BCUT2D eigenvalue weighted by Gasteiger charge is 2.10. The van der Waals surface area contributed by atoms with E-state index in [4.69, 9.17) is 0 Å². The number of urea groups is 1. The Labute approximate surface area is 141 Å². The summed E-state index contributed by atoms with van der Waals surface area (Å²) in [6.45, 7) is 4.23. The molecular weight excluding hydrogens is 304 g/mol. The standard InChI is InChI=1S/C18H22N4O2/c1-3-20-17(23)12-21-18(24)22-13(2)14-6-8-15(9-7-14)16-5-4-10-19-11-16/h4-11,13H,3,12H2,1-2H3,(H,20,23)(H2,21,22,24). The molecule has 0 saturated carbocycles. The van der Waals surface area contributed by atoms with Gasteiger partial charge in [0.05, 0.1) is 12.6 Å². The molecule has 1 unspecified atom stereocenters. The van der Waals surface area contributed by atoms with Crippen molar-refractivity contribution in [1.82, 2.24) is 20.9 Å². The van der Waals surface area contributed by atoms with Crippen LogP contribution in [0.25, 0.3) is 11.1 Å². The number of carbonyl (C=O) groups excluding carboxylic acids is 2. The van der Waals surface area contributed by atoms with E-state index in [1.165, 1.54) is 0 Å². The molecule has 0 aliphatic rings. The molecule has 0 radical (unpaired) electrons. The van der Waals surface area contributed by atoms with E-state index < -0.39 is 0 Å². The molecule has 0 aliphatic heterocycles. The Bertz CT molecular complexity index is 671. The molecule has 1 heterocycles. The van der Waals surface area contributed by atoms with E-state index in [1.807, 2.05) is 56.4 Å². The highest BCUT2D eigenvalue weighted by atomic mass is 16.2. The zero-order valence-electron chi connectivity index (χ0n) is 13.9. The Balaban J connectivity index is 1.89. The van der Waals surface area contributed by atoms with Gasteiger partial charge in [-0.3, -0.25) is 9.78 Å². The van der Waals surface area contributed by atoms with Crippen LogP contribution in [0, 0.1) is 0 Å². The third-order valence-electron chi connectivity index (χ3n) is 3.54. The van der Waals surface area contributed by atoms with Crippen molar-refractivity contribution < 1.29 is 9.59 Å². The second kappa shape index (κ2) is 8.67. The quantitative estimate of drug-likeness (QED) is 0.761. The molecule has 1 atom stereocenters. The average molecular weight is 326 g/mol. The van der Waals surface area contributed by atoms with Crippen molar-refractivity contribution in [1.29, 1.82) is 0 Å². The average Bonchev–Trinajstić information content (AvgIpc) is 2.61. The number of nitrogens with one attached hydrogen (secondary N) is 3. The lowest BCUT2D eigenvalue weighted by Gasteiger charge is -2.15. The third-order valence-corrected chi connectivity index (χ3v) is 3.54. The Morgan fingerprint density at radius 3 is 2.46 bits per heavy atom. The van der Waals surface area contributed by atoms with Gasteiger partial charge in [-0.2, -0.15) is 0 Å². The number of aromatic nitrogens is 1. The van der Waals surface area contributed by atoms with Gasteiger partial charge in [0.25, 0.3) is 0 Å². The van der Waals surface area contributed by atoms with Crippen LogP contribution >= 0.6 is 0 Å². The van der Waals surface area contributed by atoms with E-state index in [0.717, 1.165) is 16.7 Å². The predicted octanol–water partition coefficient (Wildman–Crippen LogP) is 2.24. The fourth-order valence-corrected chi connectivity index (χ4v) is 2.25. The lowest BCUT2D eigenvalue weighted by Crippen LogP contribution is -2.42. The molecule has 0 spiro atoms. The van der Waals surface area contributed by atoms with Crippen LogP contribution in [0.15, 0.2) is 48.8 Å². The van der Waals surface area contributed by atoms with Gasteiger partial charge in [0, 0.05) is 18.9 Å². The van der Waals surface area contributed by atoms with Crippen molar-refractivity contribution >= 4 is 11.9 Å². The molecule has 1 aromatic carbocycles. The van der Waals surface area contributed by atoms with E-state index in [1.54, 1.807) is 6.20 Å². The summed E-state index contributed by atoms with van der Waals surface area (Å²) in [7, 11) is 0. The molecule has 3 N–H and O–H groups in total. The fourth-order valence-electron chi connectivity index (χ4n) is 2.25. The first-order valence-electron chi connectivity index (χ1n) is 7.91.